The third-order valence-corrected chi connectivity index (χ3v) is 3.19. The number of aryl methyl sites for hydroxylation is 1. The first-order valence-corrected chi connectivity index (χ1v) is 6.65. The predicted molar refractivity (Wildman–Crippen MR) is 77.6 cm³/mol. The Labute approximate surface area is 117 Å². The smallest absolute Gasteiger partial charge is 0.203 e. The number of anilines is 1. The molecule has 0 atom stereocenters. The van der Waals surface area contributed by atoms with Crippen LogP contribution in [0.15, 0.2) is 12.1 Å². The lowest BCUT2D eigenvalue weighted by Gasteiger charge is -2.10. The average molecular weight is 284 g/mol. The van der Waals surface area contributed by atoms with Gasteiger partial charge in [0.1, 0.15) is 0 Å². The van der Waals surface area contributed by atoms with E-state index in [1.807, 2.05) is 30.8 Å². The van der Waals surface area contributed by atoms with E-state index in [9.17, 15) is 0 Å². The summed E-state index contributed by atoms with van der Waals surface area (Å²) in [6, 6.07) is 3.82. The summed E-state index contributed by atoms with van der Waals surface area (Å²) in [5.74, 6) is 2.78. The molecular formula is C13H18ClN3O2. The standard InChI is InChI=1S/C13H18ClN3O2/c1-15-13-16-9-7-12(19-6-4-5-14)11(18-3)8-10(9)17(13)2/h7-8H,4-6H2,1-3H3,(H,15,16). The minimum absolute atomic E-state index is 0.567. The molecule has 0 amide bonds. The highest BCUT2D eigenvalue weighted by Crippen LogP contribution is 2.33. The molecule has 5 nitrogen and oxygen atoms in total. The number of imidazole rings is 1. The maximum absolute atomic E-state index is 5.68. The van der Waals surface area contributed by atoms with Crippen LogP contribution in [0.4, 0.5) is 5.95 Å². The Bertz CT molecular complexity index is 569. The van der Waals surface area contributed by atoms with Crippen LogP contribution in [0.2, 0.25) is 0 Å². The van der Waals surface area contributed by atoms with E-state index in [0.29, 0.717) is 24.0 Å². The SMILES string of the molecule is CNc1nc2cc(OCCCCl)c(OC)cc2n1C. The first-order chi connectivity index (χ1) is 9.21. The van der Waals surface area contributed by atoms with Gasteiger partial charge in [0.2, 0.25) is 5.95 Å². The van der Waals surface area contributed by atoms with Gasteiger partial charge in [-0.3, -0.25) is 0 Å². The Kier molecular flexibility index (Phi) is 4.37. The summed E-state index contributed by atoms with van der Waals surface area (Å²) in [6.07, 6.45) is 0.798. The number of nitrogens with one attached hydrogen (secondary N) is 1. The molecule has 0 fully saturated rings. The number of rotatable bonds is 6. The molecule has 6 heteroatoms. The number of benzene rings is 1. The number of hydrogen-bond acceptors (Lipinski definition) is 4. The summed E-state index contributed by atoms with van der Waals surface area (Å²) < 4.78 is 13.0. The molecule has 0 spiro atoms. The second-order valence-electron chi connectivity index (χ2n) is 4.13. The molecule has 104 valence electrons. The maximum Gasteiger partial charge on any atom is 0.203 e. The molecule has 0 aliphatic carbocycles. The van der Waals surface area contributed by atoms with Crippen LogP contribution < -0.4 is 14.8 Å². The molecule has 1 N–H and O–H groups in total. The monoisotopic (exact) mass is 283 g/mol. The first kappa shape index (κ1) is 13.8. The Morgan fingerprint density at radius 3 is 2.79 bits per heavy atom. The normalized spacial score (nSPS) is 10.7. The highest BCUT2D eigenvalue weighted by Gasteiger charge is 2.12. The minimum atomic E-state index is 0.567. The lowest BCUT2D eigenvalue weighted by atomic mass is 10.2. The maximum atomic E-state index is 5.68. The predicted octanol–water partition coefficient (Wildman–Crippen LogP) is 2.63. The van der Waals surface area contributed by atoms with Crippen LogP contribution in [0.1, 0.15) is 6.42 Å². The van der Waals surface area contributed by atoms with Crippen LogP contribution in [-0.4, -0.2) is 36.2 Å². The number of hydrogen-bond donors (Lipinski definition) is 1. The minimum Gasteiger partial charge on any atom is -0.493 e. The van der Waals surface area contributed by atoms with Gasteiger partial charge >= 0.3 is 0 Å². The van der Waals surface area contributed by atoms with E-state index in [-0.39, 0.29) is 0 Å². The van der Waals surface area contributed by atoms with Gasteiger partial charge in [-0.2, -0.15) is 0 Å². The highest BCUT2D eigenvalue weighted by molar-refractivity contribution is 6.17. The molecule has 0 saturated carbocycles. The fraction of sp³-hybridized carbons (Fsp3) is 0.462. The van der Waals surface area contributed by atoms with E-state index in [1.54, 1.807) is 7.11 Å². The number of alkyl halides is 1. The zero-order valence-electron chi connectivity index (χ0n) is 11.4. The van der Waals surface area contributed by atoms with Gasteiger partial charge in [-0.05, 0) is 6.42 Å². The van der Waals surface area contributed by atoms with Gasteiger partial charge in [-0.25, -0.2) is 4.98 Å². The second kappa shape index (κ2) is 6.02. The van der Waals surface area contributed by atoms with Crippen LogP contribution in [-0.2, 0) is 7.05 Å². The van der Waals surface area contributed by atoms with Crippen LogP contribution in [0, 0.1) is 0 Å². The highest BCUT2D eigenvalue weighted by atomic mass is 35.5. The van der Waals surface area contributed by atoms with Crippen molar-refractivity contribution in [2.75, 3.05) is 32.0 Å². The van der Waals surface area contributed by atoms with Crippen molar-refractivity contribution < 1.29 is 9.47 Å². The summed E-state index contributed by atoms with van der Waals surface area (Å²) in [4.78, 5) is 4.49. The molecule has 0 bridgehead atoms. The quantitative estimate of drug-likeness (QED) is 0.654. The van der Waals surface area contributed by atoms with Crippen molar-refractivity contribution in [3.05, 3.63) is 12.1 Å². The first-order valence-electron chi connectivity index (χ1n) is 6.12. The number of aromatic nitrogens is 2. The number of nitrogens with zero attached hydrogens (tertiary/aromatic N) is 2. The van der Waals surface area contributed by atoms with E-state index >= 15 is 0 Å². The van der Waals surface area contributed by atoms with Crippen LogP contribution in [0.5, 0.6) is 11.5 Å². The number of methoxy groups -OCH3 is 1. The molecule has 1 aromatic heterocycles. The Morgan fingerprint density at radius 1 is 1.37 bits per heavy atom. The van der Waals surface area contributed by atoms with Gasteiger partial charge in [0, 0.05) is 32.1 Å². The van der Waals surface area contributed by atoms with E-state index in [2.05, 4.69) is 10.3 Å². The zero-order valence-corrected chi connectivity index (χ0v) is 12.1. The Balaban J connectivity index is 2.40. The van der Waals surface area contributed by atoms with Crippen LogP contribution in [0.3, 0.4) is 0 Å². The van der Waals surface area contributed by atoms with Crippen molar-refractivity contribution in [1.82, 2.24) is 9.55 Å². The topological polar surface area (TPSA) is 48.3 Å². The molecule has 19 heavy (non-hydrogen) atoms. The van der Waals surface area contributed by atoms with Crippen molar-refractivity contribution in [3.8, 4) is 11.5 Å². The summed E-state index contributed by atoms with van der Waals surface area (Å²) in [5.41, 5.74) is 1.86. The van der Waals surface area contributed by atoms with E-state index < -0.39 is 0 Å². The average Bonchev–Trinajstić information content (AvgIpc) is 2.74. The molecule has 2 aromatic rings. The lowest BCUT2D eigenvalue weighted by Crippen LogP contribution is -2.00. The molecule has 0 aliphatic heterocycles. The fourth-order valence-corrected chi connectivity index (χ4v) is 2.04. The van der Waals surface area contributed by atoms with Crippen molar-refractivity contribution in [1.29, 1.82) is 0 Å². The summed E-state index contributed by atoms with van der Waals surface area (Å²) >= 11 is 5.64. The fourth-order valence-electron chi connectivity index (χ4n) is 1.93. The summed E-state index contributed by atoms with van der Waals surface area (Å²) in [6.45, 7) is 0.567. The molecule has 0 aliphatic rings. The largest absolute Gasteiger partial charge is 0.493 e. The van der Waals surface area contributed by atoms with E-state index in [1.165, 1.54) is 0 Å². The molecular weight excluding hydrogens is 266 g/mol. The Hall–Kier alpha value is -1.62. The van der Waals surface area contributed by atoms with Gasteiger partial charge < -0.3 is 19.4 Å². The van der Waals surface area contributed by atoms with Gasteiger partial charge in [-0.15, -0.1) is 11.6 Å². The third-order valence-electron chi connectivity index (χ3n) is 2.93. The summed E-state index contributed by atoms with van der Waals surface area (Å²) in [7, 11) is 5.43. The molecule has 0 radical (unpaired) electrons. The van der Waals surface area contributed by atoms with Crippen LogP contribution in [0.25, 0.3) is 11.0 Å². The molecule has 2 rings (SSSR count). The van der Waals surface area contributed by atoms with Gasteiger partial charge in [-0.1, -0.05) is 0 Å². The van der Waals surface area contributed by atoms with Crippen molar-refractivity contribution in [2.24, 2.45) is 7.05 Å². The van der Waals surface area contributed by atoms with Crippen molar-refractivity contribution >= 4 is 28.6 Å². The number of fused-ring (bicyclic) bond motifs is 1. The van der Waals surface area contributed by atoms with Crippen molar-refractivity contribution in [3.63, 3.8) is 0 Å². The van der Waals surface area contributed by atoms with Gasteiger partial charge in [0.25, 0.3) is 0 Å². The van der Waals surface area contributed by atoms with Gasteiger partial charge in [0.05, 0.1) is 24.8 Å². The van der Waals surface area contributed by atoms with E-state index in [4.69, 9.17) is 21.1 Å². The van der Waals surface area contributed by atoms with Gasteiger partial charge in [0.15, 0.2) is 11.5 Å². The van der Waals surface area contributed by atoms with Crippen molar-refractivity contribution in [2.45, 2.75) is 6.42 Å². The second-order valence-corrected chi connectivity index (χ2v) is 4.51. The summed E-state index contributed by atoms with van der Waals surface area (Å²) in [5, 5.41) is 3.05. The molecule has 0 unspecified atom stereocenters. The lowest BCUT2D eigenvalue weighted by molar-refractivity contribution is 0.295. The number of ether oxygens (including phenoxy) is 2. The number of halogens is 1. The zero-order chi connectivity index (χ0) is 13.8. The van der Waals surface area contributed by atoms with E-state index in [0.717, 1.165) is 23.4 Å². The molecule has 1 heterocycles. The molecule has 1 aromatic carbocycles. The van der Waals surface area contributed by atoms with Crippen LogP contribution >= 0.6 is 11.6 Å². The Morgan fingerprint density at radius 2 is 2.16 bits per heavy atom. The third kappa shape index (κ3) is 2.71. The molecule has 0 saturated heterocycles.